The maximum atomic E-state index is 12.4. The number of Topliss-reactive ketones (excluding diaryl/α,β-unsaturated/α-hetero) is 1. The van der Waals surface area contributed by atoms with Crippen molar-refractivity contribution in [3.8, 4) is 5.75 Å². The summed E-state index contributed by atoms with van der Waals surface area (Å²) in [4.78, 5) is 11.8. The zero-order chi connectivity index (χ0) is 17.0. The molecular formula is C17H17BrO4S. The van der Waals surface area contributed by atoms with E-state index in [1.54, 1.807) is 48.5 Å². The molecule has 2 aromatic carbocycles. The third kappa shape index (κ3) is 4.42. The van der Waals surface area contributed by atoms with Crippen LogP contribution in [0.3, 0.4) is 0 Å². The van der Waals surface area contributed by atoms with Gasteiger partial charge in [-0.05, 0) is 43.3 Å². The van der Waals surface area contributed by atoms with E-state index in [9.17, 15) is 13.2 Å². The Balaban J connectivity index is 2.14. The number of methoxy groups -OCH3 is 1. The van der Waals surface area contributed by atoms with E-state index in [2.05, 4.69) is 15.9 Å². The van der Waals surface area contributed by atoms with Crippen LogP contribution in [0.1, 0.15) is 15.9 Å². The minimum Gasteiger partial charge on any atom is -0.497 e. The molecule has 0 saturated heterocycles. The predicted octanol–water partition coefficient (Wildman–Crippen LogP) is 3.42. The van der Waals surface area contributed by atoms with Crippen molar-refractivity contribution in [1.82, 2.24) is 0 Å². The highest BCUT2D eigenvalue weighted by molar-refractivity contribution is 9.10. The number of ether oxygens (including phenoxy) is 1. The summed E-state index contributed by atoms with van der Waals surface area (Å²) in [5.41, 5.74) is 1.42. The van der Waals surface area contributed by atoms with Gasteiger partial charge < -0.3 is 4.74 Å². The number of benzene rings is 2. The first-order valence-corrected chi connectivity index (χ1v) is 9.52. The number of carbonyl (C=O) groups excluding carboxylic acids is 1. The van der Waals surface area contributed by atoms with Crippen LogP contribution in [0.2, 0.25) is 0 Å². The number of carbonyl (C=O) groups is 1. The Morgan fingerprint density at radius 2 is 1.65 bits per heavy atom. The van der Waals surface area contributed by atoms with Crippen molar-refractivity contribution in [1.29, 1.82) is 0 Å². The molecule has 0 radical (unpaired) electrons. The largest absolute Gasteiger partial charge is 0.497 e. The Hall–Kier alpha value is -1.66. The van der Waals surface area contributed by atoms with Crippen molar-refractivity contribution in [2.45, 2.75) is 16.6 Å². The van der Waals surface area contributed by atoms with Gasteiger partial charge in [-0.15, -0.1) is 0 Å². The molecule has 0 bridgehead atoms. The molecule has 0 aliphatic carbocycles. The first-order chi connectivity index (χ1) is 10.8. The summed E-state index contributed by atoms with van der Waals surface area (Å²) < 4.78 is 29.8. The second-order valence-corrected chi connectivity index (χ2v) is 8.29. The topological polar surface area (TPSA) is 60.4 Å². The summed E-state index contributed by atoms with van der Waals surface area (Å²) in [5.74, 6) is 0.0734. The molecule has 0 unspecified atom stereocenters. The van der Waals surface area contributed by atoms with E-state index in [1.807, 2.05) is 6.92 Å². The van der Waals surface area contributed by atoms with E-state index in [1.165, 1.54) is 7.11 Å². The zero-order valence-electron chi connectivity index (χ0n) is 12.8. The van der Waals surface area contributed by atoms with Crippen LogP contribution >= 0.6 is 15.9 Å². The summed E-state index contributed by atoms with van der Waals surface area (Å²) in [5, 5.41) is 0. The van der Waals surface area contributed by atoms with Crippen LogP contribution in [0.25, 0.3) is 0 Å². The number of aryl methyl sites for hydroxylation is 1. The van der Waals surface area contributed by atoms with Crippen molar-refractivity contribution >= 4 is 31.6 Å². The highest BCUT2D eigenvalue weighted by atomic mass is 79.9. The standard InChI is InChI=1S/C17H17BrO4S/c1-12-3-9-15(10-4-12)23(20,21)11-16(18)17(19)13-5-7-14(22-2)8-6-13/h3-10,16H,11H2,1-2H3/t16-/m0/s1. The highest BCUT2D eigenvalue weighted by Gasteiger charge is 2.25. The smallest absolute Gasteiger partial charge is 0.179 e. The molecule has 6 heteroatoms. The minimum absolute atomic E-state index is 0.218. The molecule has 0 spiro atoms. The summed E-state index contributed by atoms with van der Waals surface area (Å²) >= 11 is 3.20. The van der Waals surface area contributed by atoms with Crippen molar-refractivity contribution in [3.05, 3.63) is 59.7 Å². The average Bonchev–Trinajstić information content (AvgIpc) is 2.54. The molecular weight excluding hydrogens is 380 g/mol. The minimum atomic E-state index is -3.53. The molecule has 0 N–H and O–H groups in total. The molecule has 122 valence electrons. The first kappa shape index (κ1) is 17.7. The van der Waals surface area contributed by atoms with Gasteiger partial charge in [-0.1, -0.05) is 33.6 Å². The van der Waals surface area contributed by atoms with Gasteiger partial charge in [0, 0.05) is 5.56 Å². The van der Waals surface area contributed by atoms with Gasteiger partial charge in [0.05, 0.1) is 22.6 Å². The lowest BCUT2D eigenvalue weighted by molar-refractivity contribution is 0.0996. The Morgan fingerprint density at radius 1 is 1.09 bits per heavy atom. The third-order valence-electron chi connectivity index (χ3n) is 3.40. The Morgan fingerprint density at radius 3 is 2.17 bits per heavy atom. The second-order valence-electron chi connectivity index (χ2n) is 5.15. The number of ketones is 1. The maximum absolute atomic E-state index is 12.4. The molecule has 0 heterocycles. The fourth-order valence-corrected chi connectivity index (χ4v) is 4.63. The maximum Gasteiger partial charge on any atom is 0.179 e. The normalized spacial score (nSPS) is 12.7. The molecule has 0 aromatic heterocycles. The molecule has 0 amide bonds. The van der Waals surface area contributed by atoms with Gasteiger partial charge in [-0.3, -0.25) is 4.79 Å². The Bertz CT molecular complexity index is 780. The summed E-state index contributed by atoms with van der Waals surface area (Å²) in [7, 11) is -1.99. The number of halogens is 1. The summed E-state index contributed by atoms with van der Waals surface area (Å²) in [6.07, 6.45) is 0. The van der Waals surface area contributed by atoms with Crippen molar-refractivity contribution in [2.75, 3.05) is 12.9 Å². The van der Waals surface area contributed by atoms with Gasteiger partial charge in [-0.2, -0.15) is 0 Å². The quantitative estimate of drug-likeness (QED) is 0.554. The van der Waals surface area contributed by atoms with Crippen molar-refractivity contribution < 1.29 is 17.9 Å². The number of rotatable bonds is 6. The molecule has 1 atom stereocenters. The third-order valence-corrected chi connectivity index (χ3v) is 6.34. The van der Waals surface area contributed by atoms with Crippen LogP contribution in [0.4, 0.5) is 0 Å². The lowest BCUT2D eigenvalue weighted by Gasteiger charge is -2.11. The lowest BCUT2D eigenvalue weighted by Crippen LogP contribution is -2.24. The second kappa shape index (κ2) is 7.27. The molecule has 23 heavy (non-hydrogen) atoms. The molecule has 0 aliphatic heterocycles. The van der Waals surface area contributed by atoms with Crippen LogP contribution in [-0.2, 0) is 9.84 Å². The van der Waals surface area contributed by atoms with Crippen LogP contribution in [0, 0.1) is 6.92 Å². The zero-order valence-corrected chi connectivity index (χ0v) is 15.2. The van der Waals surface area contributed by atoms with Gasteiger partial charge in [0.1, 0.15) is 5.75 Å². The average molecular weight is 397 g/mol. The van der Waals surface area contributed by atoms with Crippen LogP contribution < -0.4 is 4.74 Å². The molecule has 2 aromatic rings. The molecule has 4 nitrogen and oxygen atoms in total. The molecule has 2 rings (SSSR count). The monoisotopic (exact) mass is 396 g/mol. The van der Waals surface area contributed by atoms with Gasteiger partial charge >= 0.3 is 0 Å². The highest BCUT2D eigenvalue weighted by Crippen LogP contribution is 2.20. The number of hydrogen-bond donors (Lipinski definition) is 0. The van der Waals surface area contributed by atoms with Gasteiger partial charge in [0.25, 0.3) is 0 Å². The fourth-order valence-electron chi connectivity index (χ4n) is 2.05. The van der Waals surface area contributed by atoms with E-state index in [0.717, 1.165) is 5.56 Å². The molecule has 0 saturated carbocycles. The van der Waals surface area contributed by atoms with Crippen LogP contribution in [0.5, 0.6) is 5.75 Å². The van der Waals surface area contributed by atoms with Gasteiger partial charge in [0.15, 0.2) is 15.6 Å². The van der Waals surface area contributed by atoms with Gasteiger partial charge in [0.2, 0.25) is 0 Å². The van der Waals surface area contributed by atoms with E-state index >= 15 is 0 Å². The SMILES string of the molecule is COc1ccc(C(=O)[C@@H](Br)CS(=O)(=O)c2ccc(C)cc2)cc1. The van der Waals surface area contributed by atoms with Crippen LogP contribution in [-0.4, -0.2) is 31.9 Å². The van der Waals surface area contributed by atoms with E-state index in [-0.39, 0.29) is 16.4 Å². The van der Waals surface area contributed by atoms with E-state index in [0.29, 0.717) is 11.3 Å². The predicted molar refractivity (Wildman–Crippen MR) is 93.3 cm³/mol. The van der Waals surface area contributed by atoms with E-state index < -0.39 is 14.7 Å². The summed E-state index contributed by atoms with van der Waals surface area (Å²) in [6, 6.07) is 13.2. The van der Waals surface area contributed by atoms with Crippen molar-refractivity contribution in [2.24, 2.45) is 0 Å². The lowest BCUT2D eigenvalue weighted by atomic mass is 10.1. The Kier molecular flexibility index (Phi) is 5.59. The van der Waals surface area contributed by atoms with Crippen LogP contribution in [0.15, 0.2) is 53.4 Å². The van der Waals surface area contributed by atoms with E-state index in [4.69, 9.17) is 4.74 Å². The first-order valence-electron chi connectivity index (χ1n) is 6.95. The number of alkyl halides is 1. The molecule has 0 fully saturated rings. The summed E-state index contributed by atoms with van der Waals surface area (Å²) in [6.45, 7) is 1.89. The molecule has 0 aliphatic rings. The number of hydrogen-bond acceptors (Lipinski definition) is 4. The number of sulfone groups is 1. The Labute approximate surface area is 144 Å². The van der Waals surface area contributed by atoms with Crippen molar-refractivity contribution in [3.63, 3.8) is 0 Å². The fraction of sp³-hybridized carbons (Fsp3) is 0.235. The van der Waals surface area contributed by atoms with Gasteiger partial charge in [-0.25, -0.2) is 8.42 Å².